The molecule has 0 bridgehead atoms. The summed E-state index contributed by atoms with van der Waals surface area (Å²) in [6.07, 6.45) is 2.19. The number of carbonyl (C=O) groups is 1. The van der Waals surface area contributed by atoms with Crippen LogP contribution in [0.1, 0.15) is 18.4 Å². The first-order chi connectivity index (χ1) is 9.67. The van der Waals surface area contributed by atoms with Crippen molar-refractivity contribution in [3.05, 3.63) is 35.9 Å². The summed E-state index contributed by atoms with van der Waals surface area (Å²) in [6, 6.07) is 10.1. The lowest BCUT2D eigenvalue weighted by molar-refractivity contribution is -0.139. The van der Waals surface area contributed by atoms with Gasteiger partial charge in [-0.2, -0.15) is 0 Å². The van der Waals surface area contributed by atoms with Gasteiger partial charge < -0.3 is 5.11 Å². The summed E-state index contributed by atoms with van der Waals surface area (Å²) in [5.74, 6) is -0.0522. The summed E-state index contributed by atoms with van der Waals surface area (Å²) >= 11 is 1.78. The zero-order valence-electron chi connectivity index (χ0n) is 11.8. The molecule has 2 aliphatic rings. The third kappa shape index (κ3) is 3.92. The number of hydrogen-bond donors (Lipinski definition) is 2. The van der Waals surface area contributed by atoms with Crippen molar-refractivity contribution < 1.29 is 9.90 Å². The lowest BCUT2D eigenvalue weighted by Crippen LogP contribution is -2.54. The van der Waals surface area contributed by atoms with Gasteiger partial charge in [0.15, 0.2) is 0 Å². The van der Waals surface area contributed by atoms with Gasteiger partial charge in [0.05, 0.1) is 4.87 Å². The van der Waals surface area contributed by atoms with E-state index in [1.807, 2.05) is 6.07 Å². The normalized spacial score (nSPS) is 29.2. The van der Waals surface area contributed by atoms with Crippen LogP contribution in [0.3, 0.4) is 0 Å². The summed E-state index contributed by atoms with van der Waals surface area (Å²) in [7, 11) is 0. The Kier molecular flexibility index (Phi) is 5.54. The van der Waals surface area contributed by atoms with Gasteiger partial charge in [0.25, 0.3) is 0 Å². The van der Waals surface area contributed by atoms with Crippen molar-refractivity contribution in [2.45, 2.75) is 30.3 Å². The number of likely N-dealkylation sites (tertiary alicyclic amines) is 1. The second-order valence-electron chi connectivity index (χ2n) is 5.64. The Labute approximate surface area is 135 Å². The van der Waals surface area contributed by atoms with Gasteiger partial charge in [0.2, 0.25) is 0 Å². The van der Waals surface area contributed by atoms with E-state index in [0.29, 0.717) is 5.75 Å². The maximum absolute atomic E-state index is 11.1. The van der Waals surface area contributed by atoms with E-state index in [9.17, 15) is 4.79 Å². The van der Waals surface area contributed by atoms with E-state index in [2.05, 4.69) is 34.5 Å². The molecule has 21 heavy (non-hydrogen) atoms. The number of nitrogens with zero attached hydrogens (tertiary/aromatic N) is 1. The van der Waals surface area contributed by atoms with E-state index >= 15 is 0 Å². The highest BCUT2D eigenvalue weighted by atomic mass is 35.5. The van der Waals surface area contributed by atoms with E-state index < -0.39 is 12.0 Å². The monoisotopic (exact) mass is 328 g/mol. The van der Waals surface area contributed by atoms with Crippen molar-refractivity contribution in [1.29, 1.82) is 0 Å². The predicted octanol–water partition coefficient (Wildman–Crippen LogP) is 2.19. The number of carboxylic acid groups (broad SMARTS) is 1. The van der Waals surface area contributed by atoms with Crippen molar-refractivity contribution in [2.75, 3.05) is 18.8 Å². The second kappa shape index (κ2) is 7.01. The topological polar surface area (TPSA) is 52.6 Å². The van der Waals surface area contributed by atoms with Crippen LogP contribution >= 0.6 is 24.2 Å². The summed E-state index contributed by atoms with van der Waals surface area (Å²) in [5.41, 5.74) is 1.32. The lowest BCUT2D eigenvalue weighted by atomic mass is 10.0. The maximum Gasteiger partial charge on any atom is 0.321 e. The lowest BCUT2D eigenvalue weighted by Gasteiger charge is -2.40. The number of nitrogens with one attached hydrogen (secondary N) is 1. The summed E-state index contributed by atoms with van der Waals surface area (Å²) in [6.45, 7) is 2.97. The van der Waals surface area contributed by atoms with Crippen LogP contribution in [0.15, 0.2) is 30.3 Å². The third-order valence-electron chi connectivity index (χ3n) is 4.04. The smallest absolute Gasteiger partial charge is 0.321 e. The largest absolute Gasteiger partial charge is 0.480 e. The van der Waals surface area contributed by atoms with Crippen LogP contribution in [-0.4, -0.2) is 45.7 Å². The molecule has 3 rings (SSSR count). The number of rotatable bonds is 3. The van der Waals surface area contributed by atoms with Crippen LogP contribution in [0.5, 0.6) is 0 Å². The molecule has 2 N–H and O–H groups in total. The molecule has 4 nitrogen and oxygen atoms in total. The fraction of sp³-hybridized carbons (Fsp3) is 0.533. The number of carboxylic acids is 1. The molecular formula is C15H21ClN2O2S. The minimum absolute atomic E-state index is 0. The molecule has 0 radical (unpaired) electrons. The van der Waals surface area contributed by atoms with Crippen molar-refractivity contribution in [1.82, 2.24) is 10.2 Å². The van der Waals surface area contributed by atoms with Crippen LogP contribution in [-0.2, 0) is 11.3 Å². The quantitative estimate of drug-likeness (QED) is 0.891. The van der Waals surface area contributed by atoms with Gasteiger partial charge in [-0.05, 0) is 24.9 Å². The zero-order valence-corrected chi connectivity index (χ0v) is 13.5. The molecule has 1 aromatic rings. The highest BCUT2D eigenvalue weighted by Gasteiger charge is 2.44. The number of thioether (sulfide) groups is 1. The molecule has 0 aliphatic carbocycles. The van der Waals surface area contributed by atoms with Gasteiger partial charge in [-0.15, -0.1) is 24.2 Å². The molecule has 116 valence electrons. The van der Waals surface area contributed by atoms with Gasteiger partial charge in [-0.25, -0.2) is 0 Å². The van der Waals surface area contributed by atoms with Gasteiger partial charge in [-0.3, -0.25) is 15.0 Å². The summed E-state index contributed by atoms with van der Waals surface area (Å²) < 4.78 is 0. The SMILES string of the molecule is Cl.O=C(O)C1CSC2(CCCN(Cc3ccccc3)C2)N1. The Morgan fingerprint density at radius 3 is 2.86 bits per heavy atom. The van der Waals surface area contributed by atoms with E-state index in [1.165, 1.54) is 5.56 Å². The molecule has 0 amide bonds. The molecule has 1 spiro atoms. The van der Waals surface area contributed by atoms with E-state index in [4.69, 9.17) is 5.11 Å². The predicted molar refractivity (Wildman–Crippen MR) is 87.9 cm³/mol. The number of benzene rings is 1. The average molecular weight is 329 g/mol. The third-order valence-corrected chi connectivity index (χ3v) is 5.55. The van der Waals surface area contributed by atoms with Gasteiger partial charge in [-0.1, -0.05) is 30.3 Å². The Hall–Kier alpha value is -0.750. The van der Waals surface area contributed by atoms with Gasteiger partial charge in [0, 0.05) is 18.8 Å². The van der Waals surface area contributed by atoms with Crippen LogP contribution in [0.2, 0.25) is 0 Å². The number of hydrogen-bond acceptors (Lipinski definition) is 4. The minimum atomic E-state index is -0.727. The molecular weight excluding hydrogens is 308 g/mol. The van der Waals surface area contributed by atoms with Gasteiger partial charge in [0.1, 0.15) is 6.04 Å². The Morgan fingerprint density at radius 2 is 2.19 bits per heavy atom. The molecule has 2 aliphatic heterocycles. The van der Waals surface area contributed by atoms with Crippen LogP contribution < -0.4 is 5.32 Å². The Bertz CT molecular complexity index is 488. The van der Waals surface area contributed by atoms with Crippen LogP contribution in [0, 0.1) is 0 Å². The van der Waals surface area contributed by atoms with E-state index in [-0.39, 0.29) is 17.3 Å². The fourth-order valence-electron chi connectivity index (χ4n) is 3.10. The highest BCUT2D eigenvalue weighted by molar-refractivity contribution is 8.01. The molecule has 0 aromatic heterocycles. The van der Waals surface area contributed by atoms with Gasteiger partial charge >= 0.3 is 5.97 Å². The standard InChI is InChI=1S/C15H20N2O2S.ClH/c18-14(19)13-10-20-15(16-13)7-4-8-17(11-15)9-12-5-2-1-3-6-12;/h1-3,5-6,13,16H,4,7-11H2,(H,18,19);1H. The molecule has 2 atom stereocenters. The maximum atomic E-state index is 11.1. The van der Waals surface area contributed by atoms with Crippen molar-refractivity contribution in [3.63, 3.8) is 0 Å². The van der Waals surface area contributed by atoms with E-state index in [1.54, 1.807) is 11.8 Å². The molecule has 2 heterocycles. The van der Waals surface area contributed by atoms with Crippen molar-refractivity contribution in [3.8, 4) is 0 Å². The van der Waals surface area contributed by atoms with Crippen molar-refractivity contribution >= 4 is 30.1 Å². The highest BCUT2D eigenvalue weighted by Crippen LogP contribution is 2.38. The first kappa shape index (κ1) is 16.6. The average Bonchev–Trinajstić information content (AvgIpc) is 2.84. The molecule has 2 saturated heterocycles. The Morgan fingerprint density at radius 1 is 1.43 bits per heavy atom. The summed E-state index contributed by atoms with van der Waals surface area (Å²) in [4.78, 5) is 13.5. The second-order valence-corrected chi connectivity index (χ2v) is 7.04. The first-order valence-corrected chi connectivity index (χ1v) is 8.06. The van der Waals surface area contributed by atoms with Crippen LogP contribution in [0.4, 0.5) is 0 Å². The molecule has 1 aromatic carbocycles. The number of aliphatic carboxylic acids is 1. The molecule has 2 fully saturated rings. The number of piperidine rings is 1. The first-order valence-electron chi connectivity index (χ1n) is 7.08. The number of halogens is 1. The zero-order chi connectivity index (χ0) is 14.0. The van der Waals surface area contributed by atoms with Crippen molar-refractivity contribution in [2.24, 2.45) is 0 Å². The van der Waals surface area contributed by atoms with E-state index in [0.717, 1.165) is 32.5 Å². The minimum Gasteiger partial charge on any atom is -0.480 e. The molecule has 6 heteroatoms. The molecule has 2 unspecified atom stereocenters. The Balaban J connectivity index is 0.00000161. The van der Waals surface area contributed by atoms with Crippen LogP contribution in [0.25, 0.3) is 0 Å². The fourth-order valence-corrected chi connectivity index (χ4v) is 4.60. The molecule has 0 saturated carbocycles. The summed E-state index contributed by atoms with van der Waals surface area (Å²) in [5, 5.41) is 12.5.